The normalized spacial score (nSPS) is 27.5. The Balaban J connectivity index is 2.25. The van der Waals surface area contributed by atoms with Crippen LogP contribution in [0.2, 0.25) is 0 Å². The molecule has 3 nitrogen and oxygen atoms in total. The molecule has 3 atom stereocenters. The van der Waals surface area contributed by atoms with E-state index in [1.165, 1.54) is 6.42 Å². The Morgan fingerprint density at radius 3 is 2.55 bits per heavy atom. The van der Waals surface area contributed by atoms with E-state index in [4.69, 9.17) is 0 Å². The number of rotatable bonds is 3. The van der Waals surface area contributed by atoms with Crippen LogP contribution >= 0.6 is 0 Å². The molecule has 0 aliphatic heterocycles. The Morgan fingerprint density at radius 1 is 1.15 bits per heavy atom. The highest BCUT2D eigenvalue weighted by Gasteiger charge is 2.31. The summed E-state index contributed by atoms with van der Waals surface area (Å²) in [5, 5.41) is 0. The molecule has 2 rings (SSSR count). The second-order valence-electron chi connectivity index (χ2n) is 6.26. The van der Waals surface area contributed by atoms with Gasteiger partial charge in [0.2, 0.25) is 10.0 Å². The molecule has 1 aliphatic carbocycles. The average Bonchev–Trinajstić information content (AvgIpc) is 2.37. The topological polar surface area (TPSA) is 46.2 Å². The van der Waals surface area contributed by atoms with Gasteiger partial charge >= 0.3 is 0 Å². The quantitative estimate of drug-likeness (QED) is 0.929. The zero-order valence-electron chi connectivity index (χ0n) is 12.8. The lowest BCUT2D eigenvalue weighted by Crippen LogP contribution is -2.43. The van der Waals surface area contributed by atoms with E-state index in [1.54, 1.807) is 6.07 Å². The summed E-state index contributed by atoms with van der Waals surface area (Å²) in [5.74, 6) is 0.971. The average molecular weight is 295 g/mol. The summed E-state index contributed by atoms with van der Waals surface area (Å²) >= 11 is 0. The van der Waals surface area contributed by atoms with E-state index >= 15 is 0 Å². The Labute approximate surface area is 122 Å². The SMILES string of the molecule is Cc1ccc(C)c(S(=O)(=O)N[C@H]2CCC[C@H](C)[C@@H]2C)c1. The number of hydrogen-bond acceptors (Lipinski definition) is 2. The molecule has 0 aromatic heterocycles. The Hall–Kier alpha value is -0.870. The van der Waals surface area contributed by atoms with E-state index in [0.29, 0.717) is 16.7 Å². The molecule has 1 fully saturated rings. The van der Waals surface area contributed by atoms with E-state index in [0.717, 1.165) is 24.0 Å². The largest absolute Gasteiger partial charge is 0.241 e. The van der Waals surface area contributed by atoms with Gasteiger partial charge in [-0.3, -0.25) is 0 Å². The lowest BCUT2D eigenvalue weighted by molar-refractivity contribution is 0.227. The van der Waals surface area contributed by atoms with Crippen LogP contribution in [0.15, 0.2) is 23.1 Å². The Kier molecular flexibility index (Phi) is 4.55. The molecule has 0 unspecified atom stereocenters. The summed E-state index contributed by atoms with van der Waals surface area (Å²) in [7, 11) is -3.42. The number of sulfonamides is 1. The van der Waals surface area contributed by atoms with Crippen LogP contribution in [0.3, 0.4) is 0 Å². The molecule has 112 valence electrons. The molecule has 0 amide bonds. The van der Waals surface area contributed by atoms with Gasteiger partial charge in [0.05, 0.1) is 4.90 Å². The fourth-order valence-corrected chi connectivity index (χ4v) is 4.70. The number of benzene rings is 1. The van der Waals surface area contributed by atoms with Gasteiger partial charge in [0, 0.05) is 6.04 Å². The van der Waals surface area contributed by atoms with Crippen molar-refractivity contribution in [3.8, 4) is 0 Å². The standard InChI is InChI=1S/C16H25NO2S/c1-11-8-9-13(3)16(10-11)20(18,19)17-15-7-5-6-12(2)14(15)4/h8-10,12,14-15,17H,5-7H2,1-4H3/t12-,14-,15-/m0/s1. The first-order chi connectivity index (χ1) is 9.31. The zero-order valence-corrected chi connectivity index (χ0v) is 13.6. The summed E-state index contributed by atoms with van der Waals surface area (Å²) in [6.07, 6.45) is 3.24. The third-order valence-corrected chi connectivity index (χ3v) is 6.28. The molecule has 0 bridgehead atoms. The van der Waals surface area contributed by atoms with E-state index < -0.39 is 10.0 Å². The van der Waals surface area contributed by atoms with Crippen molar-refractivity contribution in [3.05, 3.63) is 29.3 Å². The van der Waals surface area contributed by atoms with Gasteiger partial charge in [-0.2, -0.15) is 0 Å². The zero-order chi connectivity index (χ0) is 14.9. The van der Waals surface area contributed by atoms with Crippen LogP contribution in [-0.2, 0) is 10.0 Å². The second-order valence-corrected chi connectivity index (χ2v) is 7.95. The van der Waals surface area contributed by atoms with E-state index in [1.807, 2.05) is 26.0 Å². The van der Waals surface area contributed by atoms with Gasteiger partial charge in [-0.25, -0.2) is 13.1 Å². The number of hydrogen-bond donors (Lipinski definition) is 1. The molecule has 1 N–H and O–H groups in total. The lowest BCUT2D eigenvalue weighted by atomic mass is 9.78. The molecule has 0 saturated heterocycles. The van der Waals surface area contributed by atoms with Gasteiger partial charge < -0.3 is 0 Å². The molecule has 1 saturated carbocycles. The van der Waals surface area contributed by atoms with E-state index in [-0.39, 0.29) is 6.04 Å². The van der Waals surface area contributed by atoms with Crippen LogP contribution in [0.5, 0.6) is 0 Å². The summed E-state index contributed by atoms with van der Waals surface area (Å²) < 4.78 is 28.2. The van der Waals surface area contributed by atoms with Crippen molar-refractivity contribution in [1.29, 1.82) is 0 Å². The molecule has 1 aromatic rings. The highest BCUT2D eigenvalue weighted by atomic mass is 32.2. The molecular weight excluding hydrogens is 270 g/mol. The second kappa shape index (κ2) is 5.86. The summed E-state index contributed by atoms with van der Waals surface area (Å²) in [6.45, 7) is 8.13. The van der Waals surface area contributed by atoms with Crippen LogP contribution in [-0.4, -0.2) is 14.5 Å². The summed E-state index contributed by atoms with van der Waals surface area (Å²) in [5.41, 5.74) is 1.78. The van der Waals surface area contributed by atoms with Crippen LogP contribution in [0.4, 0.5) is 0 Å². The number of aryl methyl sites for hydroxylation is 2. The fourth-order valence-electron chi connectivity index (χ4n) is 3.01. The molecule has 20 heavy (non-hydrogen) atoms. The molecule has 1 aromatic carbocycles. The first-order valence-corrected chi connectivity index (χ1v) is 8.89. The minimum atomic E-state index is -3.42. The minimum absolute atomic E-state index is 0.0589. The van der Waals surface area contributed by atoms with Gasteiger partial charge in [-0.15, -0.1) is 0 Å². The molecule has 0 spiro atoms. The van der Waals surface area contributed by atoms with Crippen molar-refractivity contribution in [2.45, 2.75) is 57.9 Å². The van der Waals surface area contributed by atoms with Crippen LogP contribution in [0, 0.1) is 25.7 Å². The predicted molar refractivity (Wildman–Crippen MR) is 82.2 cm³/mol. The Morgan fingerprint density at radius 2 is 1.85 bits per heavy atom. The van der Waals surface area contributed by atoms with Gasteiger partial charge in [0.25, 0.3) is 0 Å². The number of nitrogens with one attached hydrogen (secondary N) is 1. The third-order valence-electron chi connectivity index (χ3n) is 4.65. The van der Waals surface area contributed by atoms with Gasteiger partial charge in [0.15, 0.2) is 0 Å². The smallest absolute Gasteiger partial charge is 0.208 e. The van der Waals surface area contributed by atoms with E-state index in [2.05, 4.69) is 18.6 Å². The van der Waals surface area contributed by atoms with Gasteiger partial charge in [-0.1, -0.05) is 38.8 Å². The maximum atomic E-state index is 12.6. The highest BCUT2D eigenvalue weighted by Crippen LogP contribution is 2.30. The van der Waals surface area contributed by atoms with E-state index in [9.17, 15) is 8.42 Å². The maximum Gasteiger partial charge on any atom is 0.241 e. The molecular formula is C16H25NO2S. The maximum absolute atomic E-state index is 12.6. The highest BCUT2D eigenvalue weighted by molar-refractivity contribution is 7.89. The molecule has 1 aliphatic rings. The first kappa shape index (κ1) is 15.5. The summed E-state index contributed by atoms with van der Waals surface area (Å²) in [4.78, 5) is 0.419. The van der Waals surface area contributed by atoms with Crippen LogP contribution in [0.1, 0.15) is 44.2 Å². The van der Waals surface area contributed by atoms with Gasteiger partial charge in [-0.05, 0) is 49.3 Å². The van der Waals surface area contributed by atoms with Crippen molar-refractivity contribution in [2.75, 3.05) is 0 Å². The third kappa shape index (κ3) is 3.23. The molecule has 4 heteroatoms. The Bertz CT molecular complexity index is 580. The minimum Gasteiger partial charge on any atom is -0.208 e. The van der Waals surface area contributed by atoms with Gasteiger partial charge in [0.1, 0.15) is 0 Å². The van der Waals surface area contributed by atoms with Crippen molar-refractivity contribution in [1.82, 2.24) is 4.72 Å². The monoisotopic (exact) mass is 295 g/mol. The fraction of sp³-hybridized carbons (Fsp3) is 0.625. The van der Waals surface area contributed by atoms with Crippen LogP contribution < -0.4 is 4.72 Å². The van der Waals surface area contributed by atoms with Crippen molar-refractivity contribution in [3.63, 3.8) is 0 Å². The first-order valence-electron chi connectivity index (χ1n) is 7.41. The molecule has 0 radical (unpaired) electrons. The lowest BCUT2D eigenvalue weighted by Gasteiger charge is -2.34. The predicted octanol–water partition coefficient (Wildman–Crippen LogP) is 3.41. The van der Waals surface area contributed by atoms with Crippen LogP contribution in [0.25, 0.3) is 0 Å². The van der Waals surface area contributed by atoms with Crippen molar-refractivity contribution < 1.29 is 8.42 Å². The summed E-state index contributed by atoms with van der Waals surface area (Å²) in [6, 6.07) is 5.63. The molecule has 0 heterocycles. The van der Waals surface area contributed by atoms with Crippen molar-refractivity contribution >= 4 is 10.0 Å². The van der Waals surface area contributed by atoms with Crippen molar-refractivity contribution in [2.24, 2.45) is 11.8 Å².